The molecular formula is C17H15BrO4. The van der Waals surface area contributed by atoms with Crippen LogP contribution in [0, 0.1) is 0 Å². The van der Waals surface area contributed by atoms with E-state index in [0.717, 1.165) is 5.56 Å². The summed E-state index contributed by atoms with van der Waals surface area (Å²) in [6.45, 7) is 0.382. The van der Waals surface area contributed by atoms with Crippen LogP contribution in [-0.4, -0.2) is 24.2 Å². The van der Waals surface area contributed by atoms with Crippen LogP contribution in [0.5, 0.6) is 5.75 Å². The number of methoxy groups -OCH3 is 1. The third-order valence-electron chi connectivity index (χ3n) is 3.08. The van der Waals surface area contributed by atoms with Gasteiger partial charge in [0.1, 0.15) is 12.4 Å². The molecule has 0 heterocycles. The van der Waals surface area contributed by atoms with Crippen LogP contribution in [0.2, 0.25) is 0 Å². The Morgan fingerprint density at radius 2 is 1.55 bits per heavy atom. The monoisotopic (exact) mass is 362 g/mol. The van der Waals surface area contributed by atoms with Crippen molar-refractivity contribution in [3.63, 3.8) is 0 Å². The lowest BCUT2D eigenvalue weighted by Crippen LogP contribution is -2.02. The van der Waals surface area contributed by atoms with Crippen molar-refractivity contribution in [2.75, 3.05) is 12.4 Å². The number of hydrogen-bond acceptors (Lipinski definition) is 4. The van der Waals surface area contributed by atoms with E-state index in [9.17, 15) is 9.59 Å². The largest absolute Gasteiger partial charge is 0.489 e. The zero-order valence-electron chi connectivity index (χ0n) is 12.0. The number of ketones is 1. The first-order chi connectivity index (χ1) is 10.6. The van der Waals surface area contributed by atoms with Crippen LogP contribution in [0.15, 0.2) is 48.5 Å². The predicted octanol–water partition coefficient (Wildman–Crippen LogP) is 3.63. The minimum absolute atomic E-state index is 0.0324. The molecule has 0 aromatic heterocycles. The van der Waals surface area contributed by atoms with Crippen molar-refractivity contribution in [2.24, 2.45) is 0 Å². The van der Waals surface area contributed by atoms with Crippen molar-refractivity contribution in [1.29, 1.82) is 0 Å². The van der Waals surface area contributed by atoms with Gasteiger partial charge >= 0.3 is 5.97 Å². The number of alkyl halides is 1. The number of carbonyl (C=O) groups excluding carboxylic acids is 2. The van der Waals surface area contributed by atoms with Crippen molar-refractivity contribution >= 4 is 27.7 Å². The molecule has 0 fully saturated rings. The van der Waals surface area contributed by atoms with Gasteiger partial charge in [-0.2, -0.15) is 0 Å². The lowest BCUT2D eigenvalue weighted by molar-refractivity contribution is 0.0600. The van der Waals surface area contributed by atoms with E-state index in [4.69, 9.17) is 4.74 Å². The highest BCUT2D eigenvalue weighted by atomic mass is 79.9. The van der Waals surface area contributed by atoms with Crippen LogP contribution in [0.4, 0.5) is 0 Å². The van der Waals surface area contributed by atoms with E-state index in [1.807, 2.05) is 12.1 Å². The molecular weight excluding hydrogens is 348 g/mol. The second-order valence-corrected chi connectivity index (χ2v) is 5.12. The minimum atomic E-state index is -0.362. The Bertz CT molecular complexity index is 588. The van der Waals surface area contributed by atoms with E-state index >= 15 is 0 Å². The summed E-state index contributed by atoms with van der Waals surface area (Å²) in [5.41, 5.74) is 2.09. The first-order valence-electron chi connectivity index (χ1n) is 6.63. The van der Waals surface area contributed by atoms with Crippen LogP contribution in [0.1, 0.15) is 26.3 Å². The highest BCUT2D eigenvalue weighted by Gasteiger charge is 2.06. The summed E-state index contributed by atoms with van der Waals surface area (Å²) in [4.78, 5) is 22.8. The second-order valence-electron chi connectivity index (χ2n) is 4.56. The number of ether oxygens (including phenoxy) is 2. The molecule has 0 spiro atoms. The smallest absolute Gasteiger partial charge is 0.337 e. The highest BCUT2D eigenvalue weighted by molar-refractivity contribution is 9.09. The van der Waals surface area contributed by atoms with Crippen molar-refractivity contribution in [3.8, 4) is 5.75 Å². The molecule has 0 unspecified atom stereocenters. The van der Waals surface area contributed by atoms with Gasteiger partial charge in [-0.15, -0.1) is 0 Å². The predicted molar refractivity (Wildman–Crippen MR) is 86.7 cm³/mol. The van der Waals surface area contributed by atoms with Gasteiger partial charge in [0.15, 0.2) is 5.78 Å². The molecule has 22 heavy (non-hydrogen) atoms. The molecule has 0 aliphatic rings. The van der Waals surface area contributed by atoms with E-state index < -0.39 is 0 Å². The topological polar surface area (TPSA) is 52.6 Å². The molecule has 0 atom stereocenters. The zero-order chi connectivity index (χ0) is 15.9. The average Bonchev–Trinajstić information content (AvgIpc) is 2.59. The Labute approximate surface area is 137 Å². The Morgan fingerprint density at radius 3 is 2.09 bits per heavy atom. The molecule has 0 aliphatic carbocycles. The SMILES string of the molecule is COC(=O)c1ccc(COc2ccc(C(=O)CBr)cc2)cc1. The maximum atomic E-state index is 11.5. The fourth-order valence-electron chi connectivity index (χ4n) is 1.84. The Balaban J connectivity index is 1.95. The first kappa shape index (κ1) is 16.2. The van der Waals surface area contributed by atoms with Gasteiger partial charge in [-0.3, -0.25) is 4.79 Å². The van der Waals surface area contributed by atoms with E-state index in [2.05, 4.69) is 20.7 Å². The number of esters is 1. The summed E-state index contributed by atoms with van der Waals surface area (Å²) < 4.78 is 10.3. The van der Waals surface area contributed by atoms with Crippen LogP contribution >= 0.6 is 15.9 Å². The molecule has 0 saturated heterocycles. The molecule has 2 aromatic carbocycles. The molecule has 2 aromatic rings. The van der Waals surface area contributed by atoms with Crippen molar-refractivity contribution in [3.05, 3.63) is 65.2 Å². The second kappa shape index (κ2) is 7.75. The fraction of sp³-hybridized carbons (Fsp3) is 0.176. The lowest BCUT2D eigenvalue weighted by atomic mass is 10.1. The van der Waals surface area contributed by atoms with Gasteiger partial charge in [-0.05, 0) is 42.0 Å². The molecule has 5 heteroatoms. The molecule has 0 N–H and O–H groups in total. The fourth-order valence-corrected chi connectivity index (χ4v) is 2.16. The van der Waals surface area contributed by atoms with E-state index in [0.29, 0.717) is 28.8 Å². The van der Waals surface area contributed by atoms with Crippen molar-refractivity contribution < 1.29 is 19.1 Å². The van der Waals surface area contributed by atoms with Crippen LogP contribution in [0.3, 0.4) is 0 Å². The molecule has 2 rings (SSSR count). The Hall–Kier alpha value is -2.14. The quantitative estimate of drug-likeness (QED) is 0.447. The summed E-state index contributed by atoms with van der Waals surface area (Å²) in [5, 5.41) is 0.305. The normalized spacial score (nSPS) is 10.1. The van der Waals surface area contributed by atoms with E-state index in [1.165, 1.54) is 7.11 Å². The summed E-state index contributed by atoms with van der Waals surface area (Å²) in [7, 11) is 1.35. The van der Waals surface area contributed by atoms with Crippen LogP contribution in [0.25, 0.3) is 0 Å². The zero-order valence-corrected chi connectivity index (χ0v) is 13.6. The summed E-state index contributed by atoms with van der Waals surface area (Å²) in [6, 6.07) is 14.0. The average molecular weight is 363 g/mol. The number of hydrogen-bond donors (Lipinski definition) is 0. The van der Waals surface area contributed by atoms with E-state index in [-0.39, 0.29) is 11.8 Å². The third kappa shape index (κ3) is 4.18. The van der Waals surface area contributed by atoms with Gasteiger partial charge in [0.2, 0.25) is 0 Å². The standard InChI is InChI=1S/C17H15BrO4/c1-21-17(20)14-4-2-12(3-5-14)11-22-15-8-6-13(7-9-15)16(19)10-18/h2-9H,10-11H2,1H3. The lowest BCUT2D eigenvalue weighted by Gasteiger charge is -2.07. The summed E-state index contributed by atoms with van der Waals surface area (Å²) in [5.74, 6) is 0.354. The van der Waals surface area contributed by atoms with Crippen LogP contribution in [-0.2, 0) is 11.3 Å². The molecule has 0 saturated carbocycles. The van der Waals surface area contributed by atoms with Gasteiger partial charge in [0.05, 0.1) is 18.0 Å². The maximum Gasteiger partial charge on any atom is 0.337 e. The molecule has 114 valence electrons. The molecule has 0 amide bonds. The van der Waals surface area contributed by atoms with Gasteiger partial charge in [0, 0.05) is 5.56 Å². The number of rotatable bonds is 6. The number of benzene rings is 2. The van der Waals surface area contributed by atoms with Gasteiger partial charge in [-0.1, -0.05) is 28.1 Å². The highest BCUT2D eigenvalue weighted by Crippen LogP contribution is 2.15. The molecule has 0 radical (unpaired) electrons. The van der Waals surface area contributed by atoms with Gasteiger partial charge in [-0.25, -0.2) is 4.79 Å². The minimum Gasteiger partial charge on any atom is -0.489 e. The Kier molecular flexibility index (Phi) is 5.72. The van der Waals surface area contributed by atoms with Crippen molar-refractivity contribution in [2.45, 2.75) is 6.61 Å². The maximum absolute atomic E-state index is 11.5. The molecule has 4 nitrogen and oxygen atoms in total. The van der Waals surface area contributed by atoms with Gasteiger partial charge in [0.25, 0.3) is 0 Å². The molecule has 0 aliphatic heterocycles. The van der Waals surface area contributed by atoms with Crippen molar-refractivity contribution in [1.82, 2.24) is 0 Å². The number of Topliss-reactive ketones (excluding diaryl/α,β-unsaturated/α-hetero) is 1. The third-order valence-corrected chi connectivity index (χ3v) is 3.59. The number of halogens is 1. The number of carbonyl (C=O) groups is 2. The molecule has 0 bridgehead atoms. The Morgan fingerprint density at radius 1 is 0.955 bits per heavy atom. The summed E-state index contributed by atoms with van der Waals surface area (Å²) in [6.07, 6.45) is 0. The van der Waals surface area contributed by atoms with Crippen LogP contribution < -0.4 is 4.74 Å². The first-order valence-corrected chi connectivity index (χ1v) is 7.75. The van der Waals surface area contributed by atoms with Gasteiger partial charge < -0.3 is 9.47 Å². The summed E-state index contributed by atoms with van der Waals surface area (Å²) >= 11 is 3.14. The van der Waals surface area contributed by atoms with E-state index in [1.54, 1.807) is 36.4 Å².